The van der Waals surface area contributed by atoms with Gasteiger partial charge in [0.05, 0.1) is 11.7 Å². The van der Waals surface area contributed by atoms with Crippen molar-refractivity contribution in [3.8, 4) is 0 Å². The monoisotopic (exact) mass is 396 g/mol. The summed E-state index contributed by atoms with van der Waals surface area (Å²) in [7, 11) is 2.03. The molecular weight excluding hydrogens is 380 g/mol. The zero-order chi connectivity index (χ0) is 17.0. The summed E-state index contributed by atoms with van der Waals surface area (Å²) in [6.45, 7) is 0.874. The summed E-state index contributed by atoms with van der Waals surface area (Å²) in [5.74, 6) is 1.29. The van der Waals surface area contributed by atoms with Gasteiger partial charge < -0.3 is 10.2 Å². The number of halogens is 1. The van der Waals surface area contributed by atoms with E-state index in [1.165, 1.54) is 5.70 Å². The number of fused-ring (bicyclic) bond motifs is 4. The van der Waals surface area contributed by atoms with E-state index in [2.05, 4.69) is 54.5 Å². The Balaban J connectivity index is 1.74. The number of likely N-dealkylation sites (N-methyl/N-ethyl adjacent to an activating group) is 1. The molecule has 7 heteroatoms. The van der Waals surface area contributed by atoms with E-state index < -0.39 is 0 Å². The summed E-state index contributed by atoms with van der Waals surface area (Å²) < 4.78 is 2.86. The number of pyridine rings is 1. The number of anilines is 1. The maximum Gasteiger partial charge on any atom is 0.233 e. The molecule has 25 heavy (non-hydrogen) atoms. The second-order valence-corrected chi connectivity index (χ2v) is 7.35. The zero-order valence-corrected chi connectivity index (χ0v) is 15.3. The third-order valence-electron chi connectivity index (χ3n) is 5.11. The number of hydrogen-bond acceptors (Lipinski definition) is 5. The minimum Gasteiger partial charge on any atom is -0.315 e. The Morgan fingerprint density at radius 3 is 3.16 bits per heavy atom. The van der Waals surface area contributed by atoms with Gasteiger partial charge in [0, 0.05) is 40.3 Å². The second-order valence-electron chi connectivity index (χ2n) is 6.43. The Morgan fingerprint density at radius 2 is 2.28 bits per heavy atom. The molecule has 1 aliphatic carbocycles. The molecule has 1 fully saturated rings. The Labute approximate surface area is 153 Å². The predicted octanol–water partition coefficient (Wildman–Crippen LogP) is 2.91. The first-order valence-electron chi connectivity index (χ1n) is 8.37. The third kappa shape index (κ3) is 2.22. The smallest absolute Gasteiger partial charge is 0.233 e. The lowest BCUT2D eigenvalue weighted by molar-refractivity contribution is 0.481. The molecular formula is C18H17BrN6. The molecule has 2 aliphatic rings. The first kappa shape index (κ1) is 15.0. The van der Waals surface area contributed by atoms with Crippen LogP contribution in [0.4, 0.5) is 5.95 Å². The number of rotatable bonds is 2. The van der Waals surface area contributed by atoms with Crippen molar-refractivity contribution in [1.82, 2.24) is 24.9 Å². The molecule has 6 nitrogen and oxygen atoms in total. The maximum atomic E-state index is 4.86. The van der Waals surface area contributed by atoms with Gasteiger partial charge in [-0.15, -0.1) is 0 Å². The van der Waals surface area contributed by atoms with Crippen LogP contribution in [0.15, 0.2) is 52.9 Å². The van der Waals surface area contributed by atoms with Gasteiger partial charge in [-0.05, 0) is 47.6 Å². The first-order valence-corrected chi connectivity index (χ1v) is 9.16. The van der Waals surface area contributed by atoms with Crippen LogP contribution in [0.1, 0.15) is 6.42 Å². The molecule has 1 saturated heterocycles. The molecule has 0 spiro atoms. The molecule has 4 heterocycles. The van der Waals surface area contributed by atoms with Crippen molar-refractivity contribution in [2.24, 2.45) is 5.92 Å². The molecule has 1 aliphatic heterocycles. The highest BCUT2D eigenvalue weighted by atomic mass is 79.9. The van der Waals surface area contributed by atoms with Gasteiger partial charge in [-0.1, -0.05) is 12.2 Å². The summed E-state index contributed by atoms with van der Waals surface area (Å²) in [5, 5.41) is 8.98. The second kappa shape index (κ2) is 5.64. The highest BCUT2D eigenvalue weighted by Gasteiger charge is 2.38. The van der Waals surface area contributed by atoms with Crippen LogP contribution in [-0.4, -0.2) is 39.2 Å². The molecule has 3 aromatic heterocycles. The van der Waals surface area contributed by atoms with Crippen molar-refractivity contribution in [3.05, 3.63) is 52.9 Å². The van der Waals surface area contributed by atoms with E-state index in [1.807, 2.05) is 29.9 Å². The van der Waals surface area contributed by atoms with E-state index in [-0.39, 0.29) is 0 Å². The van der Waals surface area contributed by atoms with Crippen molar-refractivity contribution in [2.75, 3.05) is 18.5 Å². The Kier molecular flexibility index (Phi) is 3.39. The fraction of sp³-hybridized carbons (Fsp3) is 0.278. The average molecular weight is 397 g/mol. The number of nitrogens with zero attached hydrogens (tertiary/aromatic N) is 5. The van der Waals surface area contributed by atoms with Gasteiger partial charge in [-0.3, -0.25) is 0 Å². The van der Waals surface area contributed by atoms with Gasteiger partial charge in [-0.25, -0.2) is 4.98 Å². The average Bonchev–Trinajstić information content (AvgIpc) is 3.26. The molecule has 5 rings (SSSR count). The summed E-state index contributed by atoms with van der Waals surface area (Å²) in [6, 6.07) is 4.46. The highest BCUT2D eigenvalue weighted by Crippen LogP contribution is 2.37. The minimum atomic E-state index is 0.400. The lowest BCUT2D eigenvalue weighted by Crippen LogP contribution is -2.33. The predicted molar refractivity (Wildman–Crippen MR) is 102 cm³/mol. The molecule has 3 aromatic rings. The molecule has 0 bridgehead atoms. The minimum absolute atomic E-state index is 0.400. The summed E-state index contributed by atoms with van der Waals surface area (Å²) in [4.78, 5) is 11.6. The molecule has 126 valence electrons. The van der Waals surface area contributed by atoms with E-state index in [9.17, 15) is 0 Å². The lowest BCUT2D eigenvalue weighted by Gasteiger charge is -2.23. The number of hydrogen-bond donors (Lipinski definition) is 1. The van der Waals surface area contributed by atoms with Crippen LogP contribution in [0.2, 0.25) is 0 Å². The van der Waals surface area contributed by atoms with E-state index >= 15 is 0 Å². The van der Waals surface area contributed by atoms with Crippen molar-refractivity contribution in [2.45, 2.75) is 12.5 Å². The Hall–Kier alpha value is -2.25. The van der Waals surface area contributed by atoms with E-state index in [1.54, 1.807) is 6.20 Å². The fourth-order valence-electron chi connectivity index (χ4n) is 3.91. The third-order valence-corrected chi connectivity index (χ3v) is 5.54. The zero-order valence-electron chi connectivity index (χ0n) is 13.7. The Morgan fingerprint density at radius 1 is 1.36 bits per heavy atom. The molecule has 0 amide bonds. The molecule has 0 aromatic carbocycles. The van der Waals surface area contributed by atoms with E-state index in [0.717, 1.165) is 39.9 Å². The molecule has 1 N–H and O–H groups in total. The Bertz CT molecular complexity index is 1040. The van der Waals surface area contributed by atoms with Gasteiger partial charge in [-0.2, -0.15) is 14.6 Å². The number of allylic oxidation sites excluding steroid dienone is 3. The number of aromatic nitrogens is 4. The van der Waals surface area contributed by atoms with Gasteiger partial charge in [0.25, 0.3) is 0 Å². The highest BCUT2D eigenvalue weighted by molar-refractivity contribution is 9.10. The van der Waals surface area contributed by atoms with E-state index in [0.29, 0.717) is 12.0 Å². The molecule has 0 saturated carbocycles. The SMILES string of the molecule is CNC1CN(c2nc3ncc(Br)cc3c3ccnn23)C2=CC=CCC21. The standard InChI is InChI=1S/C18H17BrN6/c1-20-14-10-24(15-5-3-2-4-12(14)15)18-23-17-13(8-11(19)9-21-17)16-6-7-22-25(16)18/h2-3,5-9,12,14,20H,4,10H2,1H3. The topological polar surface area (TPSA) is 58.3 Å². The van der Waals surface area contributed by atoms with Crippen molar-refractivity contribution < 1.29 is 0 Å². The van der Waals surface area contributed by atoms with Gasteiger partial charge in [0.2, 0.25) is 5.95 Å². The van der Waals surface area contributed by atoms with Crippen LogP contribution in [0.25, 0.3) is 16.6 Å². The fourth-order valence-corrected chi connectivity index (χ4v) is 4.24. The van der Waals surface area contributed by atoms with Crippen LogP contribution in [0.3, 0.4) is 0 Å². The molecule has 0 radical (unpaired) electrons. The normalized spacial score (nSPS) is 22.6. The maximum absolute atomic E-state index is 4.86. The van der Waals surface area contributed by atoms with Gasteiger partial charge in [0.15, 0.2) is 5.65 Å². The van der Waals surface area contributed by atoms with Crippen LogP contribution in [0.5, 0.6) is 0 Å². The van der Waals surface area contributed by atoms with Crippen molar-refractivity contribution in [3.63, 3.8) is 0 Å². The van der Waals surface area contributed by atoms with E-state index in [4.69, 9.17) is 4.98 Å². The quantitative estimate of drug-likeness (QED) is 0.721. The largest absolute Gasteiger partial charge is 0.315 e. The van der Waals surface area contributed by atoms with Crippen LogP contribution in [0, 0.1) is 5.92 Å². The van der Waals surface area contributed by atoms with Crippen LogP contribution >= 0.6 is 15.9 Å². The summed E-state index contributed by atoms with van der Waals surface area (Å²) in [6.07, 6.45) is 11.2. The summed E-state index contributed by atoms with van der Waals surface area (Å²) >= 11 is 3.50. The van der Waals surface area contributed by atoms with Crippen molar-refractivity contribution in [1.29, 1.82) is 0 Å². The van der Waals surface area contributed by atoms with Crippen LogP contribution < -0.4 is 10.2 Å². The summed E-state index contributed by atoms with van der Waals surface area (Å²) in [5.41, 5.74) is 3.05. The first-order chi connectivity index (χ1) is 12.3. The van der Waals surface area contributed by atoms with Gasteiger partial charge >= 0.3 is 0 Å². The molecule has 2 unspecified atom stereocenters. The number of nitrogens with one attached hydrogen (secondary N) is 1. The lowest BCUT2D eigenvalue weighted by atomic mass is 9.93. The van der Waals surface area contributed by atoms with Crippen LogP contribution in [-0.2, 0) is 0 Å². The van der Waals surface area contributed by atoms with Crippen molar-refractivity contribution >= 4 is 38.4 Å². The van der Waals surface area contributed by atoms with Gasteiger partial charge in [0.1, 0.15) is 0 Å². The molecule has 2 atom stereocenters.